The maximum Gasteiger partial charge on any atom is 0.143 e. The third-order valence-corrected chi connectivity index (χ3v) is 7.35. The molecule has 0 unspecified atom stereocenters. The molecular formula is C15H22O. The summed E-state index contributed by atoms with van der Waals surface area (Å²) < 4.78 is 0. The largest absolute Gasteiger partial charge is 0.299 e. The molecule has 0 aromatic rings. The summed E-state index contributed by atoms with van der Waals surface area (Å²) in [6, 6.07) is 0. The molecule has 1 nitrogen and oxygen atoms in total. The van der Waals surface area contributed by atoms with Crippen molar-refractivity contribution in [2.75, 3.05) is 0 Å². The molecule has 0 heterocycles. The summed E-state index contributed by atoms with van der Waals surface area (Å²) >= 11 is 0. The van der Waals surface area contributed by atoms with E-state index in [1.807, 2.05) is 0 Å². The Morgan fingerprint density at radius 2 is 2.06 bits per heavy atom. The van der Waals surface area contributed by atoms with Crippen LogP contribution in [0.15, 0.2) is 0 Å². The first-order chi connectivity index (χ1) is 7.46. The van der Waals surface area contributed by atoms with Crippen LogP contribution in [0.1, 0.15) is 52.9 Å². The third-order valence-electron chi connectivity index (χ3n) is 7.35. The van der Waals surface area contributed by atoms with Gasteiger partial charge in [0.1, 0.15) is 5.78 Å². The lowest BCUT2D eigenvalue weighted by atomic mass is 9.44. The number of rotatable bonds is 0. The Morgan fingerprint density at radius 3 is 2.69 bits per heavy atom. The maximum atomic E-state index is 12.8. The van der Waals surface area contributed by atoms with Crippen molar-refractivity contribution in [2.45, 2.75) is 52.9 Å². The molecule has 0 amide bonds. The topological polar surface area (TPSA) is 17.1 Å². The van der Waals surface area contributed by atoms with Gasteiger partial charge in [-0.1, -0.05) is 27.2 Å². The van der Waals surface area contributed by atoms with Crippen LogP contribution in [0.2, 0.25) is 0 Å². The number of ketones is 1. The molecule has 0 saturated heterocycles. The zero-order valence-electron chi connectivity index (χ0n) is 10.7. The molecule has 0 aromatic carbocycles. The van der Waals surface area contributed by atoms with Crippen LogP contribution in [-0.2, 0) is 4.79 Å². The molecule has 5 rings (SSSR count). The summed E-state index contributed by atoms with van der Waals surface area (Å²) in [6.07, 6.45) is 6.71. The van der Waals surface area contributed by atoms with E-state index >= 15 is 0 Å². The minimum absolute atomic E-state index is 0.0441. The Balaban J connectivity index is 1.89. The predicted molar refractivity (Wildman–Crippen MR) is 62.9 cm³/mol. The van der Waals surface area contributed by atoms with Crippen molar-refractivity contribution < 1.29 is 4.79 Å². The Morgan fingerprint density at radius 1 is 1.31 bits per heavy atom. The van der Waals surface area contributed by atoms with Gasteiger partial charge in [0.05, 0.1) is 0 Å². The van der Waals surface area contributed by atoms with Gasteiger partial charge < -0.3 is 0 Å². The van der Waals surface area contributed by atoms with Crippen molar-refractivity contribution in [1.82, 2.24) is 0 Å². The van der Waals surface area contributed by atoms with Crippen molar-refractivity contribution in [1.29, 1.82) is 0 Å². The molecule has 5 saturated carbocycles. The number of carbonyl (C=O) groups excluding carboxylic acids is 1. The monoisotopic (exact) mass is 218 g/mol. The van der Waals surface area contributed by atoms with Gasteiger partial charge in [0.15, 0.2) is 0 Å². The second-order valence-electron chi connectivity index (χ2n) is 7.61. The Labute approximate surface area is 98.0 Å². The van der Waals surface area contributed by atoms with E-state index in [1.165, 1.54) is 32.1 Å². The highest BCUT2D eigenvalue weighted by atomic mass is 16.1. The minimum Gasteiger partial charge on any atom is -0.299 e. The van der Waals surface area contributed by atoms with Gasteiger partial charge >= 0.3 is 0 Å². The first-order valence-electron chi connectivity index (χ1n) is 7.00. The van der Waals surface area contributed by atoms with Crippen molar-refractivity contribution in [3.8, 4) is 0 Å². The number of hydrogen-bond donors (Lipinski definition) is 0. The predicted octanol–water partition coefficient (Wildman–Crippen LogP) is 3.43. The lowest BCUT2D eigenvalue weighted by Gasteiger charge is -2.58. The third kappa shape index (κ3) is 0.683. The SMILES string of the molecule is C[C@@H]1CCC[C@]23C[C@@H]4[C@H](C(=O)[C@@]12C)[C@]4(C)C3. The van der Waals surface area contributed by atoms with E-state index < -0.39 is 0 Å². The van der Waals surface area contributed by atoms with E-state index in [2.05, 4.69) is 20.8 Å². The Kier molecular flexibility index (Phi) is 1.38. The average molecular weight is 218 g/mol. The van der Waals surface area contributed by atoms with Gasteiger partial charge in [0.2, 0.25) is 0 Å². The minimum atomic E-state index is 0.0441. The van der Waals surface area contributed by atoms with Crippen molar-refractivity contribution in [2.24, 2.45) is 34.0 Å². The van der Waals surface area contributed by atoms with Gasteiger partial charge in [0.25, 0.3) is 0 Å². The van der Waals surface area contributed by atoms with Gasteiger partial charge in [-0.3, -0.25) is 4.79 Å². The molecule has 1 spiro atoms. The van der Waals surface area contributed by atoms with E-state index in [0.29, 0.717) is 28.4 Å². The van der Waals surface area contributed by atoms with Crippen LogP contribution in [0.4, 0.5) is 0 Å². The van der Waals surface area contributed by atoms with E-state index in [-0.39, 0.29) is 5.41 Å². The average Bonchev–Trinajstić information content (AvgIpc) is 2.65. The van der Waals surface area contributed by atoms with Crippen LogP contribution in [-0.4, -0.2) is 5.78 Å². The molecule has 5 aliphatic rings. The molecule has 1 heteroatoms. The van der Waals surface area contributed by atoms with Crippen LogP contribution in [0.3, 0.4) is 0 Å². The summed E-state index contributed by atoms with van der Waals surface area (Å²) in [6.45, 7) is 7.03. The molecule has 0 aliphatic heterocycles. The second kappa shape index (κ2) is 2.28. The van der Waals surface area contributed by atoms with Gasteiger partial charge in [0, 0.05) is 11.3 Å². The van der Waals surface area contributed by atoms with E-state index in [1.54, 1.807) is 0 Å². The standard InChI is InChI=1S/C15H22O/c1-9-5-4-6-15-7-10-11(13(10,2)8-15)12(16)14(9,15)3/h9-11H,4-8H2,1-3H3/t9-,10-,11-,13-,14-,15-/m1/s1. The lowest BCUT2D eigenvalue weighted by molar-refractivity contribution is -0.161. The lowest BCUT2D eigenvalue weighted by Crippen LogP contribution is -2.57. The molecule has 5 aliphatic carbocycles. The molecule has 0 radical (unpaired) electrons. The zero-order valence-corrected chi connectivity index (χ0v) is 10.7. The van der Waals surface area contributed by atoms with E-state index in [0.717, 1.165) is 5.92 Å². The molecular weight excluding hydrogens is 196 g/mol. The van der Waals surface area contributed by atoms with Crippen LogP contribution in [0, 0.1) is 34.0 Å². The van der Waals surface area contributed by atoms with Crippen LogP contribution >= 0.6 is 0 Å². The highest BCUT2D eigenvalue weighted by molar-refractivity contribution is 5.94. The summed E-state index contributed by atoms with van der Waals surface area (Å²) in [4.78, 5) is 12.8. The van der Waals surface area contributed by atoms with Gasteiger partial charge in [-0.25, -0.2) is 0 Å². The molecule has 6 atom stereocenters. The van der Waals surface area contributed by atoms with Crippen LogP contribution < -0.4 is 0 Å². The van der Waals surface area contributed by atoms with Crippen molar-refractivity contribution >= 4 is 5.78 Å². The number of carbonyl (C=O) groups is 1. The normalized spacial score (nSPS) is 66.7. The summed E-state index contributed by atoms with van der Waals surface area (Å²) in [5.74, 6) is 2.52. The first kappa shape index (κ1) is 9.67. The zero-order chi connectivity index (χ0) is 11.3. The van der Waals surface area contributed by atoms with Crippen LogP contribution in [0.25, 0.3) is 0 Å². The van der Waals surface area contributed by atoms with Crippen molar-refractivity contribution in [3.05, 3.63) is 0 Å². The van der Waals surface area contributed by atoms with Crippen LogP contribution in [0.5, 0.6) is 0 Å². The Hall–Kier alpha value is -0.330. The molecule has 0 N–H and O–H groups in total. The summed E-state index contributed by atoms with van der Waals surface area (Å²) in [7, 11) is 0. The molecule has 4 bridgehead atoms. The van der Waals surface area contributed by atoms with E-state index in [4.69, 9.17) is 0 Å². The Bertz CT molecular complexity index is 400. The molecule has 88 valence electrons. The quantitative estimate of drug-likeness (QED) is 0.609. The fourth-order valence-corrected chi connectivity index (χ4v) is 6.19. The fourth-order valence-electron chi connectivity index (χ4n) is 6.19. The molecule has 16 heavy (non-hydrogen) atoms. The fraction of sp³-hybridized carbons (Fsp3) is 0.933. The molecule has 0 aromatic heterocycles. The highest BCUT2D eigenvalue weighted by Crippen LogP contribution is 2.84. The smallest absolute Gasteiger partial charge is 0.143 e. The number of hydrogen-bond acceptors (Lipinski definition) is 1. The second-order valence-corrected chi connectivity index (χ2v) is 7.61. The van der Waals surface area contributed by atoms with Gasteiger partial charge in [-0.15, -0.1) is 0 Å². The van der Waals surface area contributed by atoms with E-state index in [9.17, 15) is 4.79 Å². The first-order valence-corrected chi connectivity index (χ1v) is 7.00. The number of Topliss-reactive ketones (excluding diaryl/α,β-unsaturated/α-hetero) is 1. The maximum absolute atomic E-state index is 12.8. The molecule has 5 fully saturated rings. The van der Waals surface area contributed by atoms with Crippen molar-refractivity contribution in [3.63, 3.8) is 0 Å². The summed E-state index contributed by atoms with van der Waals surface area (Å²) in [5, 5.41) is 0. The summed E-state index contributed by atoms with van der Waals surface area (Å²) in [5.41, 5.74) is 0.895. The van der Waals surface area contributed by atoms with Gasteiger partial charge in [-0.05, 0) is 48.3 Å². The highest BCUT2D eigenvalue weighted by Gasteiger charge is 2.82. The van der Waals surface area contributed by atoms with Gasteiger partial charge in [-0.2, -0.15) is 0 Å².